The second-order valence-electron chi connectivity index (χ2n) is 10.7. The lowest BCUT2D eigenvalue weighted by atomic mass is 9.66. The standard InChI is InChI=1S/C26H36N6O3/c1-30(2)26(20-7-4-3-5-8-20)13-11-25(12-14-26)19-31(16-22(34)29-15-21(28)33)23(35)32(25)18-24(17-27)9-6-10-24/h3-5,7-8H,6,9-16,18-19H2,1-2H3,(H2,28,33)(H,29,34)/t25-,26+. The van der Waals surface area contributed by atoms with Crippen molar-refractivity contribution < 1.29 is 14.4 Å². The first kappa shape index (κ1) is 25.0. The highest BCUT2D eigenvalue weighted by atomic mass is 16.2. The van der Waals surface area contributed by atoms with E-state index in [9.17, 15) is 19.6 Å². The predicted molar refractivity (Wildman–Crippen MR) is 131 cm³/mol. The fourth-order valence-corrected chi connectivity index (χ4v) is 6.17. The van der Waals surface area contributed by atoms with Crippen molar-refractivity contribution in [3.63, 3.8) is 0 Å². The van der Waals surface area contributed by atoms with E-state index in [-0.39, 0.29) is 24.7 Å². The van der Waals surface area contributed by atoms with Gasteiger partial charge in [0.05, 0.1) is 23.6 Å². The molecule has 35 heavy (non-hydrogen) atoms. The topological polar surface area (TPSA) is 123 Å². The van der Waals surface area contributed by atoms with E-state index in [2.05, 4.69) is 54.6 Å². The molecule has 0 bridgehead atoms. The number of primary amides is 1. The largest absolute Gasteiger partial charge is 0.368 e. The van der Waals surface area contributed by atoms with Crippen LogP contribution in [-0.4, -0.2) is 78.4 Å². The fraction of sp³-hybridized carbons (Fsp3) is 0.615. The second kappa shape index (κ2) is 9.50. The Morgan fingerprint density at radius 3 is 2.29 bits per heavy atom. The third-order valence-corrected chi connectivity index (χ3v) is 8.54. The molecule has 0 radical (unpaired) electrons. The predicted octanol–water partition coefficient (Wildman–Crippen LogP) is 1.79. The monoisotopic (exact) mass is 480 g/mol. The van der Waals surface area contributed by atoms with Crippen LogP contribution in [0.15, 0.2) is 30.3 Å². The molecule has 0 atom stereocenters. The number of rotatable bonds is 8. The summed E-state index contributed by atoms with van der Waals surface area (Å²) in [5.41, 5.74) is 5.36. The van der Waals surface area contributed by atoms with Crippen molar-refractivity contribution >= 4 is 17.8 Å². The molecule has 9 heteroatoms. The van der Waals surface area contributed by atoms with Crippen LogP contribution < -0.4 is 11.1 Å². The summed E-state index contributed by atoms with van der Waals surface area (Å²) in [6.45, 7) is 0.467. The number of nitrogens with one attached hydrogen (secondary N) is 1. The molecule has 1 spiro atoms. The molecule has 2 saturated carbocycles. The van der Waals surface area contributed by atoms with Crippen LogP contribution in [0.5, 0.6) is 0 Å². The molecule has 1 saturated heterocycles. The molecule has 4 rings (SSSR count). The number of urea groups is 1. The number of benzene rings is 1. The summed E-state index contributed by atoms with van der Waals surface area (Å²) < 4.78 is 0. The SMILES string of the molecule is CN(C)[C@]1(c2ccccc2)CC[C@]2(CC1)CN(CC(=O)NCC(N)=O)C(=O)N2CC1(C#N)CCC1. The third kappa shape index (κ3) is 4.59. The molecule has 1 heterocycles. The molecule has 0 unspecified atom stereocenters. The minimum absolute atomic E-state index is 0.124. The summed E-state index contributed by atoms with van der Waals surface area (Å²) in [6.07, 6.45) is 5.91. The Labute approximate surface area is 207 Å². The molecule has 9 nitrogen and oxygen atoms in total. The molecular formula is C26H36N6O3. The molecule has 3 N–H and O–H groups in total. The van der Waals surface area contributed by atoms with E-state index in [4.69, 9.17) is 5.73 Å². The van der Waals surface area contributed by atoms with E-state index < -0.39 is 22.8 Å². The molecule has 1 aromatic carbocycles. The summed E-state index contributed by atoms with van der Waals surface area (Å²) in [7, 11) is 4.22. The number of nitrogens with two attached hydrogens (primary N) is 1. The third-order valence-electron chi connectivity index (χ3n) is 8.54. The van der Waals surface area contributed by atoms with E-state index in [0.29, 0.717) is 13.1 Å². The van der Waals surface area contributed by atoms with Crippen LogP contribution in [-0.2, 0) is 15.1 Å². The number of nitriles is 1. The Balaban J connectivity index is 1.58. The van der Waals surface area contributed by atoms with Crippen LogP contribution in [0.25, 0.3) is 0 Å². The van der Waals surface area contributed by atoms with Gasteiger partial charge in [-0.2, -0.15) is 5.26 Å². The maximum atomic E-state index is 13.6. The minimum atomic E-state index is -0.627. The van der Waals surface area contributed by atoms with E-state index in [1.807, 2.05) is 11.0 Å². The molecule has 1 aromatic rings. The molecule has 3 fully saturated rings. The number of amides is 4. The van der Waals surface area contributed by atoms with Gasteiger partial charge in [-0.3, -0.25) is 14.5 Å². The van der Waals surface area contributed by atoms with Crippen molar-refractivity contribution in [2.24, 2.45) is 11.1 Å². The van der Waals surface area contributed by atoms with Crippen molar-refractivity contribution in [3.05, 3.63) is 35.9 Å². The number of hydrogen-bond acceptors (Lipinski definition) is 5. The van der Waals surface area contributed by atoms with Gasteiger partial charge in [0.15, 0.2) is 0 Å². The first-order valence-corrected chi connectivity index (χ1v) is 12.4. The van der Waals surface area contributed by atoms with E-state index in [0.717, 1.165) is 44.9 Å². The maximum Gasteiger partial charge on any atom is 0.321 e. The first-order chi connectivity index (χ1) is 16.7. The molecular weight excluding hydrogens is 444 g/mol. The van der Waals surface area contributed by atoms with Crippen molar-refractivity contribution in [2.45, 2.75) is 56.0 Å². The molecule has 0 aromatic heterocycles. The Morgan fingerprint density at radius 2 is 1.77 bits per heavy atom. The summed E-state index contributed by atoms with van der Waals surface area (Å²) in [4.78, 5) is 42.8. The highest BCUT2D eigenvalue weighted by molar-refractivity contribution is 5.88. The highest BCUT2D eigenvalue weighted by Crippen LogP contribution is 2.51. The zero-order valence-electron chi connectivity index (χ0n) is 20.8. The van der Waals surface area contributed by atoms with E-state index in [1.54, 1.807) is 4.90 Å². The van der Waals surface area contributed by atoms with Crippen LogP contribution >= 0.6 is 0 Å². The number of nitrogens with zero attached hydrogens (tertiary/aromatic N) is 4. The Kier molecular flexibility index (Phi) is 6.78. The van der Waals surface area contributed by atoms with Gasteiger partial charge in [-0.25, -0.2) is 4.79 Å². The average molecular weight is 481 g/mol. The van der Waals surface area contributed by atoms with Crippen LogP contribution in [0, 0.1) is 16.7 Å². The van der Waals surface area contributed by atoms with Gasteiger partial charge in [-0.15, -0.1) is 0 Å². The Morgan fingerprint density at radius 1 is 1.11 bits per heavy atom. The first-order valence-electron chi connectivity index (χ1n) is 12.4. The van der Waals surface area contributed by atoms with Gasteiger partial charge in [0.2, 0.25) is 11.8 Å². The van der Waals surface area contributed by atoms with Crippen LogP contribution in [0.3, 0.4) is 0 Å². The summed E-state index contributed by atoms with van der Waals surface area (Å²) in [5, 5.41) is 12.4. The zero-order valence-corrected chi connectivity index (χ0v) is 20.8. The molecule has 3 aliphatic rings. The van der Waals surface area contributed by atoms with E-state index >= 15 is 0 Å². The highest BCUT2D eigenvalue weighted by Gasteiger charge is 2.56. The molecule has 2 aliphatic carbocycles. The lowest BCUT2D eigenvalue weighted by Crippen LogP contribution is -2.57. The number of hydrogen-bond donors (Lipinski definition) is 2. The van der Waals surface area contributed by atoms with Gasteiger partial charge in [-0.1, -0.05) is 36.8 Å². The average Bonchev–Trinajstić information content (AvgIpc) is 3.06. The van der Waals surface area contributed by atoms with Crippen molar-refractivity contribution in [2.75, 3.05) is 40.3 Å². The van der Waals surface area contributed by atoms with Crippen LogP contribution in [0.2, 0.25) is 0 Å². The molecule has 4 amide bonds. The van der Waals surface area contributed by atoms with Crippen LogP contribution in [0.4, 0.5) is 4.79 Å². The van der Waals surface area contributed by atoms with Crippen molar-refractivity contribution in [1.29, 1.82) is 5.26 Å². The molecule has 1 aliphatic heterocycles. The zero-order chi connectivity index (χ0) is 25.3. The lowest BCUT2D eigenvalue weighted by Gasteiger charge is -2.52. The normalized spacial score (nSPS) is 27.5. The Hall–Kier alpha value is -3.12. The van der Waals surface area contributed by atoms with Crippen molar-refractivity contribution in [1.82, 2.24) is 20.0 Å². The van der Waals surface area contributed by atoms with Gasteiger partial charge < -0.3 is 20.9 Å². The quantitative estimate of drug-likeness (QED) is 0.587. The second-order valence-corrected chi connectivity index (χ2v) is 10.7. The molecule has 188 valence electrons. The minimum Gasteiger partial charge on any atom is -0.368 e. The smallest absolute Gasteiger partial charge is 0.321 e. The van der Waals surface area contributed by atoms with Gasteiger partial charge in [0.25, 0.3) is 0 Å². The summed E-state index contributed by atoms with van der Waals surface area (Å²) in [5.74, 6) is -1.03. The van der Waals surface area contributed by atoms with Gasteiger partial charge in [0, 0.05) is 18.6 Å². The maximum absolute atomic E-state index is 13.6. The summed E-state index contributed by atoms with van der Waals surface area (Å²) >= 11 is 0. The number of carbonyl (C=O) groups is 3. The van der Waals surface area contributed by atoms with E-state index in [1.165, 1.54) is 5.56 Å². The summed E-state index contributed by atoms with van der Waals surface area (Å²) in [6, 6.07) is 12.8. The van der Waals surface area contributed by atoms with Gasteiger partial charge >= 0.3 is 6.03 Å². The van der Waals surface area contributed by atoms with Crippen LogP contribution in [0.1, 0.15) is 50.5 Å². The fourth-order valence-electron chi connectivity index (χ4n) is 6.17. The van der Waals surface area contributed by atoms with Gasteiger partial charge in [0.1, 0.15) is 6.54 Å². The van der Waals surface area contributed by atoms with Gasteiger partial charge in [-0.05, 0) is 58.2 Å². The number of carbonyl (C=O) groups excluding carboxylic acids is 3. The lowest BCUT2D eigenvalue weighted by molar-refractivity contribution is -0.125. The Bertz CT molecular complexity index is 1010. The van der Waals surface area contributed by atoms with Crippen molar-refractivity contribution in [3.8, 4) is 6.07 Å².